The van der Waals surface area contributed by atoms with Gasteiger partial charge in [0.2, 0.25) is 0 Å². The summed E-state index contributed by atoms with van der Waals surface area (Å²) >= 11 is 5.28. The first-order valence-electron chi connectivity index (χ1n) is 12.7. The number of nitrogens with zero attached hydrogens (tertiary/aromatic N) is 4. The third-order valence-corrected chi connectivity index (χ3v) is 7.23. The van der Waals surface area contributed by atoms with Crippen LogP contribution in [0.15, 0.2) is 54.9 Å². The molecule has 3 heterocycles. The Kier molecular flexibility index (Phi) is 7.76. The molecule has 1 saturated heterocycles. The van der Waals surface area contributed by atoms with Crippen LogP contribution in [-0.4, -0.2) is 63.5 Å². The van der Waals surface area contributed by atoms with Crippen molar-refractivity contribution in [1.29, 1.82) is 0 Å². The van der Waals surface area contributed by atoms with Gasteiger partial charge in [0.15, 0.2) is 5.65 Å². The average Bonchev–Trinajstić information content (AvgIpc) is 3.34. The van der Waals surface area contributed by atoms with Crippen LogP contribution in [0.1, 0.15) is 38.3 Å². The van der Waals surface area contributed by atoms with Crippen LogP contribution in [0.3, 0.4) is 0 Å². The predicted octanol–water partition coefficient (Wildman–Crippen LogP) is 5.12. The van der Waals surface area contributed by atoms with Crippen molar-refractivity contribution in [2.45, 2.75) is 19.6 Å². The Balaban J connectivity index is 1.36. The maximum Gasteiger partial charge on any atom is 0.416 e. The summed E-state index contributed by atoms with van der Waals surface area (Å²) in [6.07, 6.45) is -1.25. The molecule has 1 fully saturated rings. The molecule has 0 spiro atoms. The largest absolute Gasteiger partial charge is 0.416 e. The number of amides is 1. The third kappa shape index (κ3) is 6.09. The van der Waals surface area contributed by atoms with E-state index in [2.05, 4.69) is 32.1 Å². The van der Waals surface area contributed by atoms with Crippen LogP contribution in [-0.2, 0) is 12.7 Å². The molecule has 7 nitrogen and oxygen atoms in total. The van der Waals surface area contributed by atoms with Gasteiger partial charge >= 0.3 is 6.18 Å². The normalized spacial score (nSPS) is 14.6. The van der Waals surface area contributed by atoms with Gasteiger partial charge in [-0.25, -0.2) is 9.50 Å². The van der Waals surface area contributed by atoms with E-state index in [1.807, 2.05) is 18.9 Å². The SMILES string of the molecule is Cc1ccc(C(=O)Nc2ccc(CN3CCN(C)CC3)c(C(F)(F)F)c2)cc1C#Cc1cnc2c(=S)cc[nH]n12. The summed E-state index contributed by atoms with van der Waals surface area (Å²) in [6, 6.07) is 10.7. The first-order valence-corrected chi connectivity index (χ1v) is 13.1. The van der Waals surface area contributed by atoms with Gasteiger partial charge in [-0.05, 0) is 61.4 Å². The van der Waals surface area contributed by atoms with Crippen LogP contribution in [0.5, 0.6) is 0 Å². The number of carbonyl (C=O) groups is 1. The number of imidazole rings is 1. The highest BCUT2D eigenvalue weighted by Gasteiger charge is 2.34. The maximum absolute atomic E-state index is 14.0. The number of aromatic amines is 1. The zero-order chi connectivity index (χ0) is 28.4. The number of rotatable bonds is 4. The molecule has 0 atom stereocenters. The Hall–Kier alpha value is -3.98. The number of carbonyl (C=O) groups excluding carboxylic acids is 1. The van der Waals surface area contributed by atoms with Gasteiger partial charge in [-0.2, -0.15) is 13.2 Å². The summed E-state index contributed by atoms with van der Waals surface area (Å²) in [6.45, 7) is 5.10. The summed E-state index contributed by atoms with van der Waals surface area (Å²) < 4.78 is 44.1. The van der Waals surface area contributed by atoms with Crippen molar-refractivity contribution in [3.63, 3.8) is 0 Å². The van der Waals surface area contributed by atoms with Gasteiger partial charge in [0.1, 0.15) is 5.69 Å². The van der Waals surface area contributed by atoms with Gasteiger partial charge < -0.3 is 10.2 Å². The molecular weight excluding hydrogens is 537 g/mol. The molecule has 40 heavy (non-hydrogen) atoms. The molecule has 5 rings (SSSR count). The minimum absolute atomic E-state index is 0.0775. The molecule has 4 aromatic rings. The first kappa shape index (κ1) is 27.6. The van der Waals surface area contributed by atoms with Gasteiger partial charge in [0.25, 0.3) is 5.91 Å². The van der Waals surface area contributed by atoms with Crippen molar-refractivity contribution < 1.29 is 18.0 Å². The van der Waals surface area contributed by atoms with E-state index < -0.39 is 17.6 Å². The number of hydrogen-bond donors (Lipinski definition) is 2. The molecule has 0 unspecified atom stereocenters. The number of aromatic nitrogens is 3. The zero-order valence-electron chi connectivity index (χ0n) is 22.0. The summed E-state index contributed by atoms with van der Waals surface area (Å²) in [5, 5.41) is 5.64. The Labute approximate surface area is 234 Å². The number of hydrogen-bond acceptors (Lipinski definition) is 5. The van der Waals surface area contributed by atoms with Crippen LogP contribution in [0.4, 0.5) is 18.9 Å². The van der Waals surface area contributed by atoms with Crippen molar-refractivity contribution in [3.05, 3.63) is 92.9 Å². The molecule has 0 saturated carbocycles. The van der Waals surface area contributed by atoms with Crippen LogP contribution in [0, 0.1) is 23.3 Å². The minimum atomic E-state index is -4.55. The molecule has 2 aromatic heterocycles. The van der Waals surface area contributed by atoms with Crippen LogP contribution in [0.25, 0.3) is 5.65 Å². The lowest BCUT2D eigenvalue weighted by Gasteiger charge is -2.33. The topological polar surface area (TPSA) is 68.7 Å². The lowest BCUT2D eigenvalue weighted by molar-refractivity contribution is -0.138. The Morgan fingerprint density at radius 1 is 1.10 bits per heavy atom. The summed E-state index contributed by atoms with van der Waals surface area (Å²) in [7, 11) is 2.00. The number of anilines is 1. The predicted molar refractivity (Wildman–Crippen MR) is 150 cm³/mol. The molecule has 0 bridgehead atoms. The molecule has 0 radical (unpaired) electrons. The lowest BCUT2D eigenvalue weighted by atomic mass is 10.0. The summed E-state index contributed by atoms with van der Waals surface area (Å²) in [5.41, 5.74) is 2.43. The molecule has 1 aliphatic heterocycles. The molecule has 0 aliphatic carbocycles. The van der Waals surface area contributed by atoms with Gasteiger partial charge in [-0.1, -0.05) is 30.3 Å². The molecule has 1 aliphatic rings. The summed E-state index contributed by atoms with van der Waals surface area (Å²) in [5.74, 6) is 5.58. The fourth-order valence-electron chi connectivity index (χ4n) is 4.54. The van der Waals surface area contributed by atoms with Crippen LogP contribution in [0.2, 0.25) is 0 Å². The first-order chi connectivity index (χ1) is 19.1. The van der Waals surface area contributed by atoms with Crippen molar-refractivity contribution in [1.82, 2.24) is 24.4 Å². The van der Waals surface area contributed by atoms with Crippen LogP contribution >= 0.6 is 12.2 Å². The second-order valence-electron chi connectivity index (χ2n) is 9.81. The molecular formula is C29H27F3N6OS. The summed E-state index contributed by atoms with van der Waals surface area (Å²) in [4.78, 5) is 21.5. The number of aryl methyl sites for hydroxylation is 1. The van der Waals surface area contributed by atoms with E-state index in [-0.39, 0.29) is 23.4 Å². The quantitative estimate of drug-likeness (QED) is 0.266. The van der Waals surface area contributed by atoms with Crippen molar-refractivity contribution >= 4 is 29.5 Å². The molecule has 1 amide bonds. The standard InChI is InChI=1S/C29H27F3N6OS/c1-19-3-4-21(15-20(19)6-8-24-17-33-27-26(40)9-10-34-38(24)27)28(39)35-23-7-5-22(25(16-23)29(30,31)32)18-37-13-11-36(2)12-14-37/h3-5,7,9-10,15-17,34H,11-14,18H2,1-2H3,(H,35,39). The fourth-order valence-corrected chi connectivity index (χ4v) is 4.75. The number of alkyl halides is 3. The zero-order valence-corrected chi connectivity index (χ0v) is 22.8. The minimum Gasteiger partial charge on any atom is -0.322 e. The third-order valence-electron chi connectivity index (χ3n) is 6.91. The number of fused-ring (bicyclic) bond motifs is 1. The molecule has 2 aromatic carbocycles. The van der Waals surface area contributed by atoms with E-state index >= 15 is 0 Å². The fraction of sp³-hybridized carbons (Fsp3) is 0.276. The van der Waals surface area contributed by atoms with E-state index in [0.29, 0.717) is 34.5 Å². The number of piperazine rings is 1. The van der Waals surface area contributed by atoms with Gasteiger partial charge in [0.05, 0.1) is 16.3 Å². The molecule has 11 heteroatoms. The molecule has 206 valence electrons. The van der Waals surface area contributed by atoms with E-state index in [9.17, 15) is 18.0 Å². The number of halogens is 3. The molecule has 2 N–H and O–H groups in total. The number of benzene rings is 2. The Bertz CT molecular complexity index is 1690. The average molecular weight is 565 g/mol. The Morgan fingerprint density at radius 2 is 1.88 bits per heavy atom. The van der Waals surface area contributed by atoms with Crippen molar-refractivity contribution in [2.75, 3.05) is 38.5 Å². The lowest BCUT2D eigenvalue weighted by Crippen LogP contribution is -2.44. The second kappa shape index (κ2) is 11.3. The second-order valence-corrected chi connectivity index (χ2v) is 10.3. The van der Waals surface area contributed by atoms with E-state index in [4.69, 9.17) is 12.2 Å². The smallest absolute Gasteiger partial charge is 0.322 e. The van der Waals surface area contributed by atoms with Crippen molar-refractivity contribution in [2.24, 2.45) is 0 Å². The Morgan fingerprint density at radius 3 is 2.62 bits per heavy atom. The highest BCUT2D eigenvalue weighted by atomic mass is 32.1. The number of H-pyrrole nitrogens is 1. The highest BCUT2D eigenvalue weighted by Crippen LogP contribution is 2.34. The van der Waals surface area contributed by atoms with E-state index in [1.54, 1.807) is 41.2 Å². The number of likely N-dealkylation sites (N-methyl/N-ethyl adjacent to an activating group) is 1. The highest BCUT2D eigenvalue weighted by molar-refractivity contribution is 7.71. The van der Waals surface area contributed by atoms with Crippen LogP contribution < -0.4 is 5.32 Å². The van der Waals surface area contributed by atoms with E-state index in [0.717, 1.165) is 24.7 Å². The maximum atomic E-state index is 14.0. The van der Waals surface area contributed by atoms with E-state index in [1.165, 1.54) is 12.1 Å². The van der Waals surface area contributed by atoms with Gasteiger partial charge in [-0.15, -0.1) is 0 Å². The van der Waals surface area contributed by atoms with Gasteiger partial charge in [0, 0.05) is 55.7 Å². The monoisotopic (exact) mass is 564 g/mol. The number of nitrogens with one attached hydrogen (secondary N) is 2. The van der Waals surface area contributed by atoms with Crippen molar-refractivity contribution in [3.8, 4) is 11.8 Å². The van der Waals surface area contributed by atoms with Gasteiger partial charge in [-0.3, -0.25) is 14.8 Å².